The molecule has 0 aromatic carbocycles. The smallest absolute Gasteiger partial charge is 0.159 e. The highest BCUT2D eigenvalue weighted by Gasteiger charge is 2.21. The van der Waals surface area contributed by atoms with Crippen LogP contribution in [0.4, 0.5) is 0 Å². The summed E-state index contributed by atoms with van der Waals surface area (Å²) in [7, 11) is 0. The molecule has 2 rings (SSSR count). The highest BCUT2D eigenvalue weighted by Crippen LogP contribution is 2.16. The molecule has 1 aromatic heterocycles. The third-order valence-electron chi connectivity index (χ3n) is 2.58. The average Bonchev–Trinajstić information content (AvgIpc) is 2.59. The molecule has 1 aliphatic rings. The van der Waals surface area contributed by atoms with Crippen LogP contribution in [-0.4, -0.2) is 27.4 Å². The van der Waals surface area contributed by atoms with Crippen molar-refractivity contribution in [3.05, 3.63) is 11.6 Å². The summed E-state index contributed by atoms with van der Waals surface area (Å²) in [5.41, 5.74) is 0. The minimum absolute atomic E-state index is 0.233. The molecule has 5 nitrogen and oxygen atoms in total. The topological polar surface area (TPSA) is 52.0 Å². The standard InChI is InChI=1S/C10H18N4O/c1-7(2)15-6-9-12-13-10-8(3)11-4-5-14(9)10/h7-8,11H,4-6H2,1-3H3. The first-order chi connectivity index (χ1) is 7.18. The van der Waals surface area contributed by atoms with Crippen molar-refractivity contribution in [3.63, 3.8) is 0 Å². The number of nitrogens with zero attached hydrogens (tertiary/aromatic N) is 3. The summed E-state index contributed by atoms with van der Waals surface area (Å²) in [6.45, 7) is 8.61. The number of ether oxygens (including phenoxy) is 1. The molecular formula is C10H18N4O. The molecule has 84 valence electrons. The zero-order valence-corrected chi connectivity index (χ0v) is 9.53. The molecule has 5 heteroatoms. The number of nitrogens with one attached hydrogen (secondary N) is 1. The second kappa shape index (κ2) is 4.28. The van der Waals surface area contributed by atoms with Crippen molar-refractivity contribution in [2.24, 2.45) is 0 Å². The van der Waals surface area contributed by atoms with Crippen molar-refractivity contribution >= 4 is 0 Å². The highest BCUT2D eigenvalue weighted by molar-refractivity contribution is 5.02. The molecule has 1 aromatic rings. The molecule has 1 aliphatic heterocycles. The van der Waals surface area contributed by atoms with Crippen LogP contribution >= 0.6 is 0 Å². The summed E-state index contributed by atoms with van der Waals surface area (Å²) in [5.74, 6) is 1.95. The van der Waals surface area contributed by atoms with E-state index in [0.29, 0.717) is 12.6 Å². The maximum absolute atomic E-state index is 5.54. The Bertz CT molecular complexity index is 334. The Labute approximate surface area is 89.8 Å². The maximum Gasteiger partial charge on any atom is 0.159 e. The van der Waals surface area contributed by atoms with Crippen molar-refractivity contribution < 1.29 is 4.74 Å². The Hall–Kier alpha value is -0.940. The van der Waals surface area contributed by atoms with Crippen LogP contribution in [0.15, 0.2) is 0 Å². The minimum atomic E-state index is 0.233. The Kier molecular flexibility index (Phi) is 3.02. The average molecular weight is 210 g/mol. The molecule has 0 fully saturated rings. The van der Waals surface area contributed by atoms with Gasteiger partial charge in [0.15, 0.2) is 5.82 Å². The van der Waals surface area contributed by atoms with E-state index in [9.17, 15) is 0 Å². The zero-order chi connectivity index (χ0) is 10.8. The van der Waals surface area contributed by atoms with Crippen LogP contribution in [0.25, 0.3) is 0 Å². The molecule has 1 atom stereocenters. The molecule has 0 bridgehead atoms. The van der Waals surface area contributed by atoms with E-state index in [1.165, 1.54) is 0 Å². The summed E-state index contributed by atoms with van der Waals surface area (Å²) in [5, 5.41) is 11.7. The molecule has 0 saturated carbocycles. The molecular weight excluding hydrogens is 192 g/mol. The molecule has 0 amide bonds. The molecule has 1 unspecified atom stereocenters. The van der Waals surface area contributed by atoms with Gasteiger partial charge in [0.2, 0.25) is 0 Å². The quantitative estimate of drug-likeness (QED) is 0.804. The fourth-order valence-corrected chi connectivity index (χ4v) is 1.75. The van der Waals surface area contributed by atoms with Gasteiger partial charge in [-0.05, 0) is 20.8 Å². The third kappa shape index (κ3) is 2.18. The van der Waals surface area contributed by atoms with Gasteiger partial charge in [-0.3, -0.25) is 0 Å². The molecule has 1 N–H and O–H groups in total. The van der Waals surface area contributed by atoms with Crippen molar-refractivity contribution in [2.45, 2.75) is 46.1 Å². The predicted octanol–water partition coefficient (Wildman–Crippen LogP) is 0.867. The van der Waals surface area contributed by atoms with Gasteiger partial charge in [-0.2, -0.15) is 0 Å². The maximum atomic E-state index is 5.54. The molecule has 0 spiro atoms. The van der Waals surface area contributed by atoms with E-state index >= 15 is 0 Å². The number of fused-ring (bicyclic) bond motifs is 1. The van der Waals surface area contributed by atoms with Crippen molar-refractivity contribution in [3.8, 4) is 0 Å². The molecule has 2 heterocycles. The van der Waals surface area contributed by atoms with Crippen LogP contribution in [0.5, 0.6) is 0 Å². The first-order valence-electron chi connectivity index (χ1n) is 5.45. The van der Waals surface area contributed by atoms with Gasteiger partial charge >= 0.3 is 0 Å². The van der Waals surface area contributed by atoms with Crippen molar-refractivity contribution in [2.75, 3.05) is 6.54 Å². The molecule has 0 radical (unpaired) electrons. The lowest BCUT2D eigenvalue weighted by Gasteiger charge is -2.22. The lowest BCUT2D eigenvalue weighted by Crippen LogP contribution is -2.32. The van der Waals surface area contributed by atoms with E-state index in [2.05, 4.69) is 27.0 Å². The Balaban J connectivity index is 2.12. The summed E-state index contributed by atoms with van der Waals surface area (Å²) in [6, 6.07) is 0.291. The Morgan fingerprint density at radius 2 is 2.33 bits per heavy atom. The van der Waals surface area contributed by atoms with Gasteiger partial charge in [-0.15, -0.1) is 10.2 Å². The number of hydrogen-bond acceptors (Lipinski definition) is 4. The fourth-order valence-electron chi connectivity index (χ4n) is 1.75. The second-order valence-corrected chi connectivity index (χ2v) is 4.16. The van der Waals surface area contributed by atoms with E-state index in [1.54, 1.807) is 0 Å². The van der Waals surface area contributed by atoms with Crippen LogP contribution < -0.4 is 5.32 Å². The van der Waals surface area contributed by atoms with Crippen molar-refractivity contribution in [1.82, 2.24) is 20.1 Å². The van der Waals surface area contributed by atoms with Crippen molar-refractivity contribution in [1.29, 1.82) is 0 Å². The van der Waals surface area contributed by atoms with Gasteiger partial charge in [0.25, 0.3) is 0 Å². The van der Waals surface area contributed by atoms with Crippen LogP contribution in [-0.2, 0) is 17.9 Å². The largest absolute Gasteiger partial charge is 0.371 e. The molecule has 0 saturated heterocycles. The van der Waals surface area contributed by atoms with Crippen LogP contribution in [0.3, 0.4) is 0 Å². The van der Waals surface area contributed by atoms with E-state index < -0.39 is 0 Å². The van der Waals surface area contributed by atoms with E-state index in [0.717, 1.165) is 24.7 Å². The first-order valence-corrected chi connectivity index (χ1v) is 5.45. The predicted molar refractivity (Wildman–Crippen MR) is 56.4 cm³/mol. The van der Waals surface area contributed by atoms with E-state index in [4.69, 9.17) is 4.74 Å². The van der Waals surface area contributed by atoms with Crippen LogP contribution in [0.1, 0.15) is 38.5 Å². The number of aromatic nitrogens is 3. The Morgan fingerprint density at radius 1 is 1.53 bits per heavy atom. The number of rotatable bonds is 3. The summed E-state index contributed by atoms with van der Waals surface area (Å²) in [4.78, 5) is 0. The van der Waals surface area contributed by atoms with Crippen LogP contribution in [0.2, 0.25) is 0 Å². The third-order valence-corrected chi connectivity index (χ3v) is 2.58. The first kappa shape index (κ1) is 10.6. The van der Waals surface area contributed by atoms with Gasteiger partial charge in [0.1, 0.15) is 12.4 Å². The lowest BCUT2D eigenvalue weighted by molar-refractivity contribution is 0.0589. The van der Waals surface area contributed by atoms with E-state index in [1.807, 2.05) is 13.8 Å². The zero-order valence-electron chi connectivity index (χ0n) is 9.53. The molecule has 0 aliphatic carbocycles. The van der Waals surface area contributed by atoms with E-state index in [-0.39, 0.29) is 6.10 Å². The van der Waals surface area contributed by atoms with Gasteiger partial charge in [0, 0.05) is 13.1 Å². The summed E-state index contributed by atoms with van der Waals surface area (Å²) < 4.78 is 7.70. The number of hydrogen-bond donors (Lipinski definition) is 1. The SMILES string of the molecule is CC(C)OCc1nnc2n1CCNC2C. The van der Waals surface area contributed by atoms with Gasteiger partial charge in [0.05, 0.1) is 12.1 Å². The second-order valence-electron chi connectivity index (χ2n) is 4.16. The normalized spacial score (nSPS) is 20.7. The molecule has 15 heavy (non-hydrogen) atoms. The highest BCUT2D eigenvalue weighted by atomic mass is 16.5. The summed E-state index contributed by atoms with van der Waals surface area (Å²) in [6.07, 6.45) is 0.233. The summed E-state index contributed by atoms with van der Waals surface area (Å²) >= 11 is 0. The fraction of sp³-hybridized carbons (Fsp3) is 0.800. The van der Waals surface area contributed by atoms with Gasteiger partial charge in [-0.1, -0.05) is 0 Å². The van der Waals surface area contributed by atoms with Gasteiger partial charge in [-0.25, -0.2) is 0 Å². The van der Waals surface area contributed by atoms with Gasteiger partial charge < -0.3 is 14.6 Å². The lowest BCUT2D eigenvalue weighted by atomic mass is 10.2. The van der Waals surface area contributed by atoms with Crippen LogP contribution in [0, 0.1) is 0 Å². The minimum Gasteiger partial charge on any atom is -0.371 e. The monoisotopic (exact) mass is 210 g/mol. The Morgan fingerprint density at radius 3 is 3.07 bits per heavy atom.